The van der Waals surface area contributed by atoms with Crippen molar-refractivity contribution in [1.82, 2.24) is 30.0 Å². The van der Waals surface area contributed by atoms with Gasteiger partial charge in [0.1, 0.15) is 6.61 Å². The molecular weight excluding hydrogens is 364 g/mol. The van der Waals surface area contributed by atoms with Crippen LogP contribution in [0.4, 0.5) is 0 Å². The smallest absolute Gasteiger partial charge is 0.276 e. The van der Waals surface area contributed by atoms with Crippen molar-refractivity contribution < 1.29 is 18.8 Å². The van der Waals surface area contributed by atoms with E-state index < -0.39 is 0 Å². The van der Waals surface area contributed by atoms with Gasteiger partial charge in [0.2, 0.25) is 5.89 Å². The first-order chi connectivity index (χ1) is 13.7. The van der Waals surface area contributed by atoms with Gasteiger partial charge in [0.25, 0.3) is 5.91 Å². The molecule has 3 heterocycles. The summed E-state index contributed by atoms with van der Waals surface area (Å²) in [5, 5.41) is 11.9. The summed E-state index contributed by atoms with van der Waals surface area (Å²) in [6.45, 7) is 1.63. The van der Waals surface area contributed by atoms with Crippen LogP contribution in [0.3, 0.4) is 0 Å². The number of carbonyl (C=O) groups excluding carboxylic acids is 1. The number of morpholine rings is 1. The second-order valence-corrected chi connectivity index (χ2v) is 6.37. The van der Waals surface area contributed by atoms with Crippen LogP contribution < -0.4 is 0 Å². The van der Waals surface area contributed by atoms with E-state index in [1.165, 1.54) is 0 Å². The normalized spacial score (nSPS) is 17.0. The lowest BCUT2D eigenvalue weighted by Crippen LogP contribution is -2.46. The summed E-state index contributed by atoms with van der Waals surface area (Å²) in [6.07, 6.45) is 1.84. The predicted octanol–water partition coefficient (Wildman–Crippen LogP) is 0.880. The summed E-state index contributed by atoms with van der Waals surface area (Å²) in [5.41, 5.74) is 1.14. The van der Waals surface area contributed by atoms with Gasteiger partial charge in [0, 0.05) is 20.2 Å². The van der Waals surface area contributed by atoms with Crippen LogP contribution in [0.15, 0.2) is 41.1 Å². The molecule has 28 heavy (non-hydrogen) atoms. The number of methoxy groups -OCH3 is 1. The molecule has 1 saturated heterocycles. The third-order valence-electron chi connectivity index (χ3n) is 4.35. The molecule has 1 unspecified atom stereocenters. The number of rotatable bonds is 6. The quantitative estimate of drug-likeness (QED) is 0.616. The maximum Gasteiger partial charge on any atom is 0.276 e. The van der Waals surface area contributed by atoms with Crippen molar-refractivity contribution in [1.29, 1.82) is 0 Å². The van der Waals surface area contributed by atoms with E-state index in [0.29, 0.717) is 43.5 Å². The molecule has 1 aromatic carbocycles. The molecule has 0 aliphatic carbocycles. The van der Waals surface area contributed by atoms with Gasteiger partial charge in [0.05, 0.1) is 31.0 Å². The highest BCUT2D eigenvalue weighted by Gasteiger charge is 2.28. The maximum absolute atomic E-state index is 12.8. The van der Waals surface area contributed by atoms with E-state index in [1.807, 2.05) is 30.3 Å². The molecule has 10 nitrogen and oxygen atoms in total. The zero-order chi connectivity index (χ0) is 19.3. The summed E-state index contributed by atoms with van der Waals surface area (Å²) in [5.74, 6) is 0.765. The molecular formula is C18H20N6O4. The number of nitrogens with zero attached hydrogens (tertiary/aromatic N) is 6. The molecule has 1 aliphatic rings. The van der Waals surface area contributed by atoms with Gasteiger partial charge in [-0.3, -0.25) is 4.79 Å². The minimum Gasteiger partial charge on any atom is -0.377 e. The fourth-order valence-corrected chi connectivity index (χ4v) is 3.01. The first-order valence-electron chi connectivity index (χ1n) is 8.92. The number of carbonyl (C=O) groups is 1. The second kappa shape index (κ2) is 8.28. The van der Waals surface area contributed by atoms with Crippen LogP contribution in [0.1, 0.15) is 22.2 Å². The highest BCUT2D eigenvalue weighted by Crippen LogP contribution is 2.14. The van der Waals surface area contributed by atoms with E-state index >= 15 is 0 Å². The van der Waals surface area contributed by atoms with Gasteiger partial charge < -0.3 is 18.9 Å². The Morgan fingerprint density at radius 2 is 2.18 bits per heavy atom. The van der Waals surface area contributed by atoms with Crippen LogP contribution in [0, 0.1) is 0 Å². The number of benzene rings is 1. The van der Waals surface area contributed by atoms with E-state index in [-0.39, 0.29) is 18.6 Å². The van der Waals surface area contributed by atoms with Crippen LogP contribution >= 0.6 is 0 Å². The standard InChI is InChI=1S/C18H20N6O4/c1-26-12-16-19-17(28-21-16)9-14-10-23(7-8-27-14)18(25)15-11-24(22-20-15)13-5-3-2-4-6-13/h2-6,11,14H,7-10,12H2,1H3. The number of hydrogen-bond donors (Lipinski definition) is 0. The number of ether oxygens (including phenoxy) is 2. The molecule has 1 aliphatic heterocycles. The Balaban J connectivity index is 1.40. The van der Waals surface area contributed by atoms with Crippen LogP contribution in [0.2, 0.25) is 0 Å². The third kappa shape index (κ3) is 4.07. The minimum atomic E-state index is -0.224. The first-order valence-corrected chi connectivity index (χ1v) is 8.92. The number of hydrogen-bond acceptors (Lipinski definition) is 8. The zero-order valence-electron chi connectivity index (χ0n) is 15.4. The molecule has 146 valence electrons. The lowest BCUT2D eigenvalue weighted by atomic mass is 10.2. The topological polar surface area (TPSA) is 108 Å². The van der Waals surface area contributed by atoms with Crippen molar-refractivity contribution in [2.75, 3.05) is 26.8 Å². The molecule has 0 saturated carbocycles. The number of aromatic nitrogens is 5. The Kier molecular flexibility index (Phi) is 5.40. The fourth-order valence-electron chi connectivity index (χ4n) is 3.01. The Morgan fingerprint density at radius 3 is 3.00 bits per heavy atom. The molecule has 0 radical (unpaired) electrons. The van der Waals surface area contributed by atoms with Gasteiger partial charge >= 0.3 is 0 Å². The molecule has 3 aromatic rings. The lowest BCUT2D eigenvalue weighted by Gasteiger charge is -2.31. The lowest BCUT2D eigenvalue weighted by molar-refractivity contribution is -0.0239. The molecule has 2 aromatic heterocycles. The highest BCUT2D eigenvalue weighted by atomic mass is 16.5. The Labute approximate surface area is 161 Å². The van der Waals surface area contributed by atoms with Crippen molar-refractivity contribution in [2.45, 2.75) is 19.1 Å². The first kappa shape index (κ1) is 18.3. The van der Waals surface area contributed by atoms with Crippen molar-refractivity contribution in [3.63, 3.8) is 0 Å². The summed E-state index contributed by atoms with van der Waals surface area (Å²) in [7, 11) is 1.57. The van der Waals surface area contributed by atoms with E-state index in [2.05, 4.69) is 20.5 Å². The third-order valence-corrected chi connectivity index (χ3v) is 4.35. The largest absolute Gasteiger partial charge is 0.377 e. The average Bonchev–Trinajstić information content (AvgIpc) is 3.39. The molecule has 4 rings (SSSR count). The van der Waals surface area contributed by atoms with Crippen LogP contribution in [-0.4, -0.2) is 68.9 Å². The van der Waals surface area contributed by atoms with E-state index in [9.17, 15) is 4.79 Å². The molecule has 0 bridgehead atoms. The second-order valence-electron chi connectivity index (χ2n) is 6.37. The Morgan fingerprint density at radius 1 is 1.32 bits per heavy atom. The van der Waals surface area contributed by atoms with Gasteiger partial charge in [-0.05, 0) is 12.1 Å². The van der Waals surface area contributed by atoms with Crippen LogP contribution in [-0.2, 0) is 22.5 Å². The van der Waals surface area contributed by atoms with Crippen molar-refractivity contribution >= 4 is 5.91 Å². The van der Waals surface area contributed by atoms with Crippen molar-refractivity contribution in [3.8, 4) is 5.69 Å². The summed E-state index contributed by atoms with van der Waals surface area (Å²) >= 11 is 0. The van der Waals surface area contributed by atoms with Crippen LogP contribution in [0.25, 0.3) is 5.69 Å². The Bertz CT molecular complexity index is 925. The van der Waals surface area contributed by atoms with Gasteiger partial charge in [-0.1, -0.05) is 28.6 Å². The van der Waals surface area contributed by atoms with Crippen LogP contribution in [0.5, 0.6) is 0 Å². The number of para-hydroxylation sites is 1. The van der Waals surface area contributed by atoms with Gasteiger partial charge in [-0.15, -0.1) is 5.10 Å². The SMILES string of the molecule is COCc1noc(CC2CN(C(=O)c3cn(-c4ccccc4)nn3)CCO2)n1. The number of amides is 1. The van der Waals surface area contributed by atoms with E-state index in [1.54, 1.807) is 22.9 Å². The summed E-state index contributed by atoms with van der Waals surface area (Å²) < 4.78 is 17.5. The zero-order valence-corrected chi connectivity index (χ0v) is 15.4. The summed E-state index contributed by atoms with van der Waals surface area (Å²) in [6, 6.07) is 9.52. The molecule has 0 N–H and O–H groups in total. The predicted molar refractivity (Wildman–Crippen MR) is 95.7 cm³/mol. The average molecular weight is 384 g/mol. The fraction of sp³-hybridized carbons (Fsp3) is 0.389. The molecule has 1 fully saturated rings. The van der Waals surface area contributed by atoms with Gasteiger partial charge in [-0.2, -0.15) is 4.98 Å². The minimum absolute atomic E-state index is 0.180. The highest BCUT2D eigenvalue weighted by molar-refractivity contribution is 5.92. The maximum atomic E-state index is 12.8. The summed E-state index contributed by atoms with van der Waals surface area (Å²) in [4.78, 5) is 18.8. The van der Waals surface area contributed by atoms with Crippen molar-refractivity contribution in [2.24, 2.45) is 0 Å². The Hall–Kier alpha value is -3.11. The van der Waals surface area contributed by atoms with Gasteiger partial charge in [-0.25, -0.2) is 4.68 Å². The van der Waals surface area contributed by atoms with E-state index in [0.717, 1.165) is 5.69 Å². The molecule has 1 atom stereocenters. The monoisotopic (exact) mass is 384 g/mol. The molecule has 1 amide bonds. The van der Waals surface area contributed by atoms with E-state index in [4.69, 9.17) is 14.0 Å². The molecule has 0 spiro atoms. The van der Waals surface area contributed by atoms with Gasteiger partial charge in [0.15, 0.2) is 11.5 Å². The molecule has 10 heteroatoms. The van der Waals surface area contributed by atoms with Crippen molar-refractivity contribution in [3.05, 3.63) is 53.9 Å².